The summed E-state index contributed by atoms with van der Waals surface area (Å²) < 4.78 is 10.1. The Hall–Kier alpha value is -1.91. The van der Waals surface area contributed by atoms with Crippen molar-refractivity contribution in [2.75, 3.05) is 20.0 Å². The van der Waals surface area contributed by atoms with Crippen LogP contribution >= 0.6 is 0 Å². The average Bonchev–Trinajstić information content (AvgIpc) is 2.20. The van der Waals surface area contributed by atoms with Gasteiger partial charge in [0.2, 0.25) is 0 Å². The van der Waals surface area contributed by atoms with Gasteiger partial charge < -0.3 is 20.4 Å². The number of anilines is 1. The number of nitrogens with two attached hydrogens (primary N) is 1. The van der Waals surface area contributed by atoms with Crippen molar-refractivity contribution in [3.8, 4) is 11.5 Å². The van der Waals surface area contributed by atoms with Gasteiger partial charge in [-0.1, -0.05) is 5.16 Å². The Morgan fingerprint density at radius 2 is 1.79 bits per heavy atom. The molecule has 14 heavy (non-hydrogen) atoms. The lowest BCUT2D eigenvalue weighted by atomic mass is 10.2. The van der Waals surface area contributed by atoms with Crippen molar-refractivity contribution in [1.29, 1.82) is 0 Å². The Morgan fingerprint density at radius 3 is 2.14 bits per heavy atom. The van der Waals surface area contributed by atoms with E-state index in [1.807, 2.05) is 0 Å². The van der Waals surface area contributed by atoms with Crippen molar-refractivity contribution < 1.29 is 14.7 Å². The van der Waals surface area contributed by atoms with Gasteiger partial charge in [-0.25, -0.2) is 0 Å². The van der Waals surface area contributed by atoms with E-state index in [2.05, 4.69) is 5.16 Å². The van der Waals surface area contributed by atoms with Crippen LogP contribution in [0.4, 0.5) is 5.69 Å². The first kappa shape index (κ1) is 10.2. The minimum absolute atomic E-state index is 0.421. The zero-order valence-corrected chi connectivity index (χ0v) is 8.02. The number of hydrogen-bond acceptors (Lipinski definition) is 5. The SMILES string of the molecule is COc1cc(C=NO)cc(OC)c1N. The van der Waals surface area contributed by atoms with E-state index in [1.54, 1.807) is 12.1 Å². The summed E-state index contributed by atoms with van der Waals surface area (Å²) >= 11 is 0. The molecule has 0 spiro atoms. The highest BCUT2D eigenvalue weighted by atomic mass is 16.5. The summed E-state index contributed by atoms with van der Waals surface area (Å²) in [4.78, 5) is 0. The van der Waals surface area contributed by atoms with Crippen molar-refractivity contribution in [2.24, 2.45) is 5.16 Å². The molecule has 0 saturated heterocycles. The first-order valence-corrected chi connectivity index (χ1v) is 3.91. The molecule has 0 bridgehead atoms. The molecule has 0 aliphatic rings. The molecule has 1 rings (SSSR count). The van der Waals surface area contributed by atoms with Gasteiger partial charge in [-0.3, -0.25) is 0 Å². The summed E-state index contributed by atoms with van der Waals surface area (Å²) in [5.41, 5.74) is 6.78. The number of oxime groups is 1. The van der Waals surface area contributed by atoms with Crippen molar-refractivity contribution >= 4 is 11.9 Å². The van der Waals surface area contributed by atoms with E-state index in [0.29, 0.717) is 22.7 Å². The molecule has 0 heterocycles. The van der Waals surface area contributed by atoms with Gasteiger partial charge in [-0.15, -0.1) is 0 Å². The van der Waals surface area contributed by atoms with Crippen molar-refractivity contribution in [3.63, 3.8) is 0 Å². The highest BCUT2D eigenvalue weighted by molar-refractivity contribution is 5.83. The summed E-state index contributed by atoms with van der Waals surface area (Å²) in [7, 11) is 3.01. The fourth-order valence-corrected chi connectivity index (χ4v) is 1.10. The fourth-order valence-electron chi connectivity index (χ4n) is 1.10. The number of nitrogens with zero attached hydrogens (tertiary/aromatic N) is 1. The van der Waals surface area contributed by atoms with E-state index in [4.69, 9.17) is 20.4 Å². The van der Waals surface area contributed by atoms with Crippen LogP contribution in [0, 0.1) is 0 Å². The van der Waals surface area contributed by atoms with Gasteiger partial charge in [0.05, 0.1) is 20.4 Å². The molecule has 3 N–H and O–H groups in total. The van der Waals surface area contributed by atoms with Gasteiger partial charge in [0.25, 0.3) is 0 Å². The number of ether oxygens (including phenoxy) is 2. The zero-order valence-electron chi connectivity index (χ0n) is 8.02. The summed E-state index contributed by atoms with van der Waals surface area (Å²) in [5, 5.41) is 11.3. The second-order valence-corrected chi connectivity index (χ2v) is 2.58. The fraction of sp³-hybridized carbons (Fsp3) is 0.222. The molecule has 1 aromatic rings. The van der Waals surface area contributed by atoms with Crippen molar-refractivity contribution in [2.45, 2.75) is 0 Å². The Morgan fingerprint density at radius 1 is 1.29 bits per heavy atom. The normalized spacial score (nSPS) is 10.4. The Kier molecular flexibility index (Phi) is 3.17. The highest BCUT2D eigenvalue weighted by Crippen LogP contribution is 2.32. The smallest absolute Gasteiger partial charge is 0.146 e. The van der Waals surface area contributed by atoms with Gasteiger partial charge in [-0.2, -0.15) is 0 Å². The molecule has 0 atom stereocenters. The summed E-state index contributed by atoms with van der Waals surface area (Å²) in [6.07, 6.45) is 1.27. The maximum atomic E-state index is 8.37. The number of nitrogen functional groups attached to an aromatic ring is 1. The molecule has 0 amide bonds. The third-order valence-electron chi connectivity index (χ3n) is 1.77. The maximum absolute atomic E-state index is 8.37. The summed E-state index contributed by atoms with van der Waals surface area (Å²) in [6, 6.07) is 3.30. The minimum atomic E-state index is 0.421. The van der Waals surface area contributed by atoms with Crippen LogP contribution in [0.3, 0.4) is 0 Å². The van der Waals surface area contributed by atoms with Crippen LogP contribution in [0.5, 0.6) is 11.5 Å². The van der Waals surface area contributed by atoms with E-state index >= 15 is 0 Å². The lowest BCUT2D eigenvalue weighted by molar-refractivity contribution is 0.322. The van der Waals surface area contributed by atoms with E-state index in [9.17, 15) is 0 Å². The molecule has 76 valence electrons. The van der Waals surface area contributed by atoms with E-state index in [1.165, 1.54) is 20.4 Å². The van der Waals surface area contributed by atoms with E-state index in [-0.39, 0.29) is 0 Å². The molecule has 0 saturated carbocycles. The zero-order chi connectivity index (χ0) is 10.6. The Bertz CT molecular complexity index is 325. The number of methoxy groups -OCH3 is 2. The predicted octanol–water partition coefficient (Wildman–Crippen LogP) is 1.09. The van der Waals surface area contributed by atoms with E-state index < -0.39 is 0 Å². The summed E-state index contributed by atoms with van der Waals surface area (Å²) in [5.74, 6) is 0.971. The monoisotopic (exact) mass is 196 g/mol. The molecule has 0 radical (unpaired) electrons. The second-order valence-electron chi connectivity index (χ2n) is 2.58. The van der Waals surface area contributed by atoms with Crippen molar-refractivity contribution in [3.05, 3.63) is 17.7 Å². The number of hydrogen-bond donors (Lipinski definition) is 2. The van der Waals surface area contributed by atoms with Crippen LogP contribution in [0.25, 0.3) is 0 Å². The molecule has 0 aliphatic heterocycles. The topological polar surface area (TPSA) is 77.1 Å². The number of benzene rings is 1. The van der Waals surface area contributed by atoms with Crippen LogP contribution in [0.2, 0.25) is 0 Å². The maximum Gasteiger partial charge on any atom is 0.146 e. The quantitative estimate of drug-likeness (QED) is 0.328. The lowest BCUT2D eigenvalue weighted by Gasteiger charge is -2.09. The van der Waals surface area contributed by atoms with Crippen LogP contribution in [-0.2, 0) is 0 Å². The van der Waals surface area contributed by atoms with Gasteiger partial charge in [0.1, 0.15) is 17.2 Å². The van der Waals surface area contributed by atoms with Gasteiger partial charge >= 0.3 is 0 Å². The number of rotatable bonds is 3. The first-order valence-electron chi connectivity index (χ1n) is 3.91. The highest BCUT2D eigenvalue weighted by Gasteiger charge is 2.07. The Labute approximate surface area is 81.7 Å². The van der Waals surface area contributed by atoms with Gasteiger partial charge in [0, 0.05) is 5.56 Å². The average molecular weight is 196 g/mol. The first-order chi connectivity index (χ1) is 6.72. The van der Waals surface area contributed by atoms with Crippen LogP contribution in [0.1, 0.15) is 5.56 Å². The molecule has 0 aromatic heterocycles. The molecule has 1 aromatic carbocycles. The minimum Gasteiger partial charge on any atom is -0.494 e. The third kappa shape index (κ3) is 1.87. The van der Waals surface area contributed by atoms with Crippen molar-refractivity contribution in [1.82, 2.24) is 0 Å². The standard InChI is InChI=1S/C9H12N2O3/c1-13-7-3-6(5-11-12)4-8(14-2)9(7)10/h3-5,12H,10H2,1-2H3. The van der Waals surface area contributed by atoms with Gasteiger partial charge in [-0.05, 0) is 12.1 Å². The molecule has 5 nitrogen and oxygen atoms in total. The van der Waals surface area contributed by atoms with E-state index in [0.717, 1.165) is 0 Å². The lowest BCUT2D eigenvalue weighted by Crippen LogP contribution is -1.98. The molecule has 0 aliphatic carbocycles. The predicted molar refractivity (Wildman–Crippen MR) is 53.3 cm³/mol. The third-order valence-corrected chi connectivity index (χ3v) is 1.77. The van der Waals surface area contributed by atoms with Gasteiger partial charge in [0.15, 0.2) is 0 Å². The molecular weight excluding hydrogens is 184 g/mol. The molecule has 5 heteroatoms. The Balaban J connectivity index is 3.24. The largest absolute Gasteiger partial charge is 0.494 e. The molecular formula is C9H12N2O3. The second kappa shape index (κ2) is 4.36. The molecule has 0 unspecified atom stereocenters. The van der Waals surface area contributed by atoms with Crippen LogP contribution in [0.15, 0.2) is 17.3 Å². The molecule has 0 fully saturated rings. The summed E-state index contributed by atoms with van der Waals surface area (Å²) in [6.45, 7) is 0. The van der Waals surface area contributed by atoms with Crippen LogP contribution < -0.4 is 15.2 Å². The van der Waals surface area contributed by atoms with Crippen LogP contribution in [-0.4, -0.2) is 25.6 Å².